The van der Waals surface area contributed by atoms with Gasteiger partial charge in [-0.05, 0) is 29.2 Å². The first-order chi connectivity index (χ1) is 6.60. The van der Waals surface area contributed by atoms with E-state index >= 15 is 0 Å². The molecule has 0 aliphatic rings. The number of rotatable bonds is 2. The molecule has 0 heterocycles. The van der Waals surface area contributed by atoms with E-state index < -0.39 is 0 Å². The molecule has 0 aromatic heterocycles. The fourth-order valence-corrected chi connectivity index (χ4v) is 1.90. The zero-order chi connectivity index (χ0) is 10.7. The Hall–Kier alpha value is -1.04. The number of nitriles is 1. The summed E-state index contributed by atoms with van der Waals surface area (Å²) in [5.41, 5.74) is 2.08. The third-order valence-electron chi connectivity index (χ3n) is 2.07. The van der Waals surface area contributed by atoms with Crippen molar-refractivity contribution >= 4 is 11.6 Å². The predicted molar refractivity (Wildman–Crippen MR) is 56.2 cm³/mol. The molecule has 0 saturated heterocycles. The molecular formula is C11H12ClNO. The third kappa shape index (κ3) is 2.06. The van der Waals surface area contributed by atoms with Crippen LogP contribution < -0.4 is 0 Å². The number of halogens is 1. The zero-order valence-corrected chi connectivity index (χ0v) is 8.97. The molecule has 0 fully saturated rings. The second-order valence-corrected chi connectivity index (χ2v) is 3.87. The number of benzene rings is 1. The van der Waals surface area contributed by atoms with Crippen molar-refractivity contribution in [2.24, 2.45) is 0 Å². The van der Waals surface area contributed by atoms with E-state index in [0.717, 1.165) is 5.56 Å². The van der Waals surface area contributed by atoms with Gasteiger partial charge in [0.15, 0.2) is 0 Å². The van der Waals surface area contributed by atoms with E-state index in [1.165, 1.54) is 0 Å². The van der Waals surface area contributed by atoms with Crippen LogP contribution in [0.25, 0.3) is 0 Å². The Balaban J connectivity index is 3.37. The molecule has 14 heavy (non-hydrogen) atoms. The molecule has 0 saturated carbocycles. The largest absolute Gasteiger partial charge is 0.392 e. The van der Waals surface area contributed by atoms with Gasteiger partial charge in [0, 0.05) is 5.02 Å². The van der Waals surface area contributed by atoms with E-state index in [4.69, 9.17) is 22.0 Å². The van der Waals surface area contributed by atoms with Gasteiger partial charge in [0.2, 0.25) is 0 Å². The van der Waals surface area contributed by atoms with Crippen molar-refractivity contribution in [2.45, 2.75) is 26.4 Å². The van der Waals surface area contributed by atoms with Crippen molar-refractivity contribution in [3.63, 3.8) is 0 Å². The highest BCUT2D eigenvalue weighted by molar-refractivity contribution is 6.31. The van der Waals surface area contributed by atoms with Crippen molar-refractivity contribution in [3.8, 4) is 6.07 Å². The Bertz CT molecular complexity index is 380. The second-order valence-electron chi connectivity index (χ2n) is 3.46. The number of hydrogen-bond donors (Lipinski definition) is 1. The minimum Gasteiger partial charge on any atom is -0.392 e. The van der Waals surface area contributed by atoms with Crippen LogP contribution >= 0.6 is 11.6 Å². The maximum Gasteiger partial charge on any atom is 0.0995 e. The van der Waals surface area contributed by atoms with Crippen LogP contribution in [0.2, 0.25) is 5.02 Å². The molecule has 0 aliphatic heterocycles. The summed E-state index contributed by atoms with van der Waals surface area (Å²) in [6.45, 7) is 3.88. The molecule has 0 unspecified atom stereocenters. The Morgan fingerprint density at radius 3 is 2.57 bits per heavy atom. The summed E-state index contributed by atoms with van der Waals surface area (Å²) in [5, 5.41) is 18.4. The van der Waals surface area contributed by atoms with Gasteiger partial charge >= 0.3 is 0 Å². The van der Waals surface area contributed by atoms with E-state index in [-0.39, 0.29) is 12.5 Å². The molecular weight excluding hydrogens is 198 g/mol. The molecule has 0 radical (unpaired) electrons. The van der Waals surface area contributed by atoms with Gasteiger partial charge in [0.05, 0.1) is 18.2 Å². The normalized spacial score (nSPS) is 10.3. The van der Waals surface area contributed by atoms with Gasteiger partial charge in [0.25, 0.3) is 0 Å². The molecule has 0 amide bonds. The van der Waals surface area contributed by atoms with Gasteiger partial charge in [0.1, 0.15) is 0 Å². The summed E-state index contributed by atoms with van der Waals surface area (Å²) in [5.74, 6) is 0.213. The lowest BCUT2D eigenvalue weighted by Gasteiger charge is -2.11. The number of nitrogens with zero attached hydrogens (tertiary/aromatic N) is 1. The van der Waals surface area contributed by atoms with Gasteiger partial charge in [-0.2, -0.15) is 5.26 Å². The monoisotopic (exact) mass is 209 g/mol. The van der Waals surface area contributed by atoms with Gasteiger partial charge in [-0.3, -0.25) is 0 Å². The van der Waals surface area contributed by atoms with E-state index in [1.54, 1.807) is 12.1 Å². The smallest absolute Gasteiger partial charge is 0.0995 e. The Labute approximate surface area is 88.7 Å². The lowest BCUT2D eigenvalue weighted by molar-refractivity contribution is 0.282. The fourth-order valence-electron chi connectivity index (χ4n) is 1.44. The first-order valence-electron chi connectivity index (χ1n) is 4.43. The molecule has 3 heteroatoms. The number of hydrogen-bond acceptors (Lipinski definition) is 2. The van der Waals surface area contributed by atoms with E-state index in [2.05, 4.69) is 6.07 Å². The van der Waals surface area contributed by atoms with E-state index in [0.29, 0.717) is 16.1 Å². The average molecular weight is 210 g/mol. The Kier molecular flexibility index (Phi) is 3.51. The van der Waals surface area contributed by atoms with Crippen LogP contribution in [0, 0.1) is 11.3 Å². The Morgan fingerprint density at radius 1 is 1.50 bits per heavy atom. The highest BCUT2D eigenvalue weighted by Crippen LogP contribution is 2.28. The predicted octanol–water partition coefficient (Wildman–Crippen LogP) is 2.83. The van der Waals surface area contributed by atoms with Crippen molar-refractivity contribution in [1.82, 2.24) is 0 Å². The lowest BCUT2D eigenvalue weighted by Crippen LogP contribution is -1.97. The molecule has 1 aromatic carbocycles. The Morgan fingerprint density at radius 2 is 2.14 bits per heavy atom. The quantitative estimate of drug-likeness (QED) is 0.814. The molecule has 1 aromatic rings. The molecule has 0 spiro atoms. The summed E-state index contributed by atoms with van der Waals surface area (Å²) in [6, 6.07) is 5.48. The highest BCUT2D eigenvalue weighted by atomic mass is 35.5. The van der Waals surface area contributed by atoms with Crippen molar-refractivity contribution in [3.05, 3.63) is 33.8 Å². The van der Waals surface area contributed by atoms with Crippen LogP contribution in [-0.4, -0.2) is 5.11 Å². The van der Waals surface area contributed by atoms with Crippen LogP contribution in [0.5, 0.6) is 0 Å². The maximum absolute atomic E-state index is 8.94. The van der Waals surface area contributed by atoms with Crippen molar-refractivity contribution < 1.29 is 5.11 Å². The average Bonchev–Trinajstić information content (AvgIpc) is 2.15. The standard InChI is InChI=1S/C11H12ClNO/c1-7(2)11-9(5-13)3-8(6-14)4-10(11)12/h3-4,7,14H,6H2,1-2H3. The zero-order valence-electron chi connectivity index (χ0n) is 8.21. The van der Waals surface area contributed by atoms with E-state index in [9.17, 15) is 0 Å². The van der Waals surface area contributed by atoms with Crippen LogP contribution in [0.15, 0.2) is 12.1 Å². The summed E-state index contributed by atoms with van der Waals surface area (Å²) in [4.78, 5) is 0. The van der Waals surface area contributed by atoms with Crippen LogP contribution in [0.1, 0.15) is 36.5 Å². The molecule has 0 aliphatic carbocycles. The summed E-state index contributed by atoms with van der Waals surface area (Å²) >= 11 is 6.02. The van der Waals surface area contributed by atoms with Gasteiger partial charge in [-0.15, -0.1) is 0 Å². The van der Waals surface area contributed by atoms with Crippen LogP contribution in [0.3, 0.4) is 0 Å². The lowest BCUT2D eigenvalue weighted by atomic mass is 9.96. The van der Waals surface area contributed by atoms with Crippen LogP contribution in [0.4, 0.5) is 0 Å². The first kappa shape index (κ1) is 11.0. The van der Waals surface area contributed by atoms with Gasteiger partial charge < -0.3 is 5.11 Å². The summed E-state index contributed by atoms with van der Waals surface area (Å²) < 4.78 is 0. The number of aliphatic hydroxyl groups is 1. The second kappa shape index (κ2) is 4.45. The molecule has 2 nitrogen and oxygen atoms in total. The number of aliphatic hydroxyl groups excluding tert-OH is 1. The van der Waals surface area contributed by atoms with Gasteiger partial charge in [-0.1, -0.05) is 25.4 Å². The first-order valence-corrected chi connectivity index (χ1v) is 4.81. The minimum absolute atomic E-state index is 0.0905. The van der Waals surface area contributed by atoms with E-state index in [1.807, 2.05) is 13.8 Å². The summed E-state index contributed by atoms with van der Waals surface area (Å²) in [7, 11) is 0. The molecule has 74 valence electrons. The summed E-state index contributed by atoms with van der Waals surface area (Å²) in [6.07, 6.45) is 0. The van der Waals surface area contributed by atoms with Crippen molar-refractivity contribution in [2.75, 3.05) is 0 Å². The SMILES string of the molecule is CC(C)c1c(Cl)cc(CO)cc1C#N. The topological polar surface area (TPSA) is 44.0 Å². The molecule has 0 bridgehead atoms. The maximum atomic E-state index is 8.94. The molecule has 0 atom stereocenters. The minimum atomic E-state index is -0.0905. The van der Waals surface area contributed by atoms with Crippen LogP contribution in [-0.2, 0) is 6.61 Å². The third-order valence-corrected chi connectivity index (χ3v) is 2.38. The van der Waals surface area contributed by atoms with Crippen molar-refractivity contribution in [1.29, 1.82) is 5.26 Å². The van der Waals surface area contributed by atoms with Gasteiger partial charge in [-0.25, -0.2) is 0 Å². The fraction of sp³-hybridized carbons (Fsp3) is 0.364. The molecule has 1 N–H and O–H groups in total. The highest BCUT2D eigenvalue weighted by Gasteiger charge is 2.12. The molecule has 1 rings (SSSR count).